The summed E-state index contributed by atoms with van der Waals surface area (Å²) in [6, 6.07) is 8.74. The number of ether oxygens (including phenoxy) is 2. The lowest BCUT2D eigenvalue weighted by molar-refractivity contribution is -0.183. The van der Waals surface area contributed by atoms with Gasteiger partial charge in [-0.1, -0.05) is 44.2 Å². The Morgan fingerprint density at radius 1 is 1.00 bits per heavy atom. The van der Waals surface area contributed by atoms with Crippen LogP contribution in [0.15, 0.2) is 30.3 Å². The molecule has 0 bridgehead atoms. The van der Waals surface area contributed by atoms with Crippen molar-refractivity contribution in [3.8, 4) is 0 Å². The standard InChI is InChI=1S/C14H18O5.C2H6/c1-3-18-12(15)14(17,13(16)19-4-2)10-11-8-6-5-7-9-11;1-2/h5-9,17H,3-4,10H2,1-2H3;1-2H3. The minimum atomic E-state index is -2.30. The van der Waals surface area contributed by atoms with E-state index in [1.807, 2.05) is 13.8 Å². The Kier molecular flexibility index (Phi) is 9.05. The Balaban J connectivity index is 0.00000191. The molecule has 0 saturated carbocycles. The number of aliphatic hydroxyl groups is 1. The van der Waals surface area contributed by atoms with Crippen LogP contribution in [0.4, 0.5) is 0 Å². The molecule has 1 aromatic rings. The van der Waals surface area contributed by atoms with Crippen LogP contribution < -0.4 is 0 Å². The van der Waals surface area contributed by atoms with Gasteiger partial charge in [0, 0.05) is 6.42 Å². The van der Waals surface area contributed by atoms with E-state index in [4.69, 9.17) is 9.47 Å². The second kappa shape index (κ2) is 9.94. The number of hydrogen-bond donors (Lipinski definition) is 1. The van der Waals surface area contributed by atoms with E-state index in [0.29, 0.717) is 5.56 Å². The maximum atomic E-state index is 11.8. The highest BCUT2D eigenvalue weighted by atomic mass is 16.6. The van der Waals surface area contributed by atoms with E-state index >= 15 is 0 Å². The average molecular weight is 296 g/mol. The molecule has 0 aliphatic rings. The van der Waals surface area contributed by atoms with Crippen molar-refractivity contribution in [1.82, 2.24) is 0 Å². The molecule has 118 valence electrons. The van der Waals surface area contributed by atoms with Crippen LogP contribution in [0.2, 0.25) is 0 Å². The van der Waals surface area contributed by atoms with E-state index in [9.17, 15) is 14.7 Å². The maximum Gasteiger partial charge on any atom is 0.350 e. The van der Waals surface area contributed by atoms with Crippen LogP contribution >= 0.6 is 0 Å². The summed E-state index contributed by atoms with van der Waals surface area (Å²) in [6.07, 6.45) is -0.175. The zero-order valence-electron chi connectivity index (χ0n) is 13.1. The summed E-state index contributed by atoms with van der Waals surface area (Å²) < 4.78 is 9.51. The first kappa shape index (κ1) is 19.1. The number of benzene rings is 1. The third-order valence-electron chi connectivity index (χ3n) is 2.53. The first-order valence-electron chi connectivity index (χ1n) is 7.15. The summed E-state index contributed by atoms with van der Waals surface area (Å²) in [7, 11) is 0. The molecule has 0 aliphatic carbocycles. The summed E-state index contributed by atoms with van der Waals surface area (Å²) in [5.74, 6) is -1.98. The Labute approximate surface area is 125 Å². The van der Waals surface area contributed by atoms with Crippen LogP contribution in [-0.2, 0) is 25.5 Å². The van der Waals surface area contributed by atoms with E-state index in [1.165, 1.54) is 0 Å². The third-order valence-corrected chi connectivity index (χ3v) is 2.53. The molecule has 0 amide bonds. The molecule has 21 heavy (non-hydrogen) atoms. The molecule has 5 heteroatoms. The lowest BCUT2D eigenvalue weighted by Gasteiger charge is -2.23. The molecule has 0 atom stereocenters. The summed E-state index contributed by atoms with van der Waals surface area (Å²) in [5, 5.41) is 10.3. The second-order valence-electron chi connectivity index (χ2n) is 3.96. The van der Waals surface area contributed by atoms with Gasteiger partial charge < -0.3 is 14.6 Å². The fourth-order valence-electron chi connectivity index (χ4n) is 1.62. The Bertz CT molecular complexity index is 410. The third kappa shape index (κ3) is 5.55. The van der Waals surface area contributed by atoms with Crippen molar-refractivity contribution < 1.29 is 24.2 Å². The van der Waals surface area contributed by atoms with Gasteiger partial charge in [0.2, 0.25) is 0 Å². The lowest BCUT2D eigenvalue weighted by Crippen LogP contribution is -2.50. The van der Waals surface area contributed by atoms with E-state index in [2.05, 4.69) is 0 Å². The zero-order chi connectivity index (χ0) is 16.3. The summed E-state index contributed by atoms with van der Waals surface area (Å²) in [4.78, 5) is 23.6. The van der Waals surface area contributed by atoms with Crippen molar-refractivity contribution in [2.24, 2.45) is 0 Å². The average Bonchev–Trinajstić information content (AvgIpc) is 2.50. The van der Waals surface area contributed by atoms with E-state index in [-0.39, 0.29) is 19.6 Å². The van der Waals surface area contributed by atoms with Gasteiger partial charge in [0.25, 0.3) is 5.60 Å². The van der Waals surface area contributed by atoms with Crippen LogP contribution in [-0.4, -0.2) is 35.9 Å². The molecule has 0 heterocycles. The molecule has 0 radical (unpaired) electrons. The van der Waals surface area contributed by atoms with Crippen molar-refractivity contribution in [2.75, 3.05) is 13.2 Å². The van der Waals surface area contributed by atoms with E-state index < -0.39 is 17.5 Å². The number of rotatable bonds is 6. The molecule has 0 fully saturated rings. The monoisotopic (exact) mass is 296 g/mol. The summed E-state index contributed by atoms with van der Waals surface area (Å²) >= 11 is 0. The Hall–Kier alpha value is -1.88. The van der Waals surface area contributed by atoms with Crippen LogP contribution in [0.25, 0.3) is 0 Å². The topological polar surface area (TPSA) is 72.8 Å². The van der Waals surface area contributed by atoms with E-state index in [0.717, 1.165) is 0 Å². The molecule has 0 unspecified atom stereocenters. The largest absolute Gasteiger partial charge is 0.463 e. The van der Waals surface area contributed by atoms with Crippen molar-refractivity contribution in [3.63, 3.8) is 0 Å². The van der Waals surface area contributed by atoms with Crippen molar-refractivity contribution in [2.45, 2.75) is 39.7 Å². The zero-order valence-corrected chi connectivity index (χ0v) is 13.1. The van der Waals surface area contributed by atoms with Gasteiger partial charge >= 0.3 is 11.9 Å². The fourth-order valence-corrected chi connectivity index (χ4v) is 1.62. The SMILES string of the molecule is CC.CCOC(=O)C(O)(Cc1ccccc1)C(=O)OCC. The van der Waals surface area contributed by atoms with Crippen molar-refractivity contribution in [1.29, 1.82) is 0 Å². The Morgan fingerprint density at radius 3 is 1.81 bits per heavy atom. The smallest absolute Gasteiger partial charge is 0.350 e. The van der Waals surface area contributed by atoms with Crippen LogP contribution in [0.1, 0.15) is 33.3 Å². The molecule has 0 spiro atoms. The number of carbonyl (C=O) groups is 2. The molecule has 0 aliphatic heterocycles. The summed E-state index contributed by atoms with van der Waals surface area (Å²) in [6.45, 7) is 7.36. The molecule has 1 rings (SSSR count). The molecule has 0 aromatic heterocycles. The van der Waals surface area contributed by atoms with Gasteiger partial charge in [-0.15, -0.1) is 0 Å². The predicted molar refractivity (Wildman–Crippen MR) is 79.7 cm³/mol. The normalized spacial score (nSPS) is 10.1. The van der Waals surface area contributed by atoms with Crippen molar-refractivity contribution >= 4 is 11.9 Å². The highest BCUT2D eigenvalue weighted by molar-refractivity contribution is 6.03. The first-order chi connectivity index (χ1) is 10.0. The van der Waals surface area contributed by atoms with Gasteiger partial charge in [0.15, 0.2) is 0 Å². The Morgan fingerprint density at radius 2 is 1.43 bits per heavy atom. The quantitative estimate of drug-likeness (QED) is 0.643. The molecule has 1 aromatic carbocycles. The number of hydrogen-bond acceptors (Lipinski definition) is 5. The number of carbonyl (C=O) groups excluding carboxylic acids is 2. The van der Waals surface area contributed by atoms with Gasteiger partial charge in [0.1, 0.15) is 0 Å². The second-order valence-corrected chi connectivity index (χ2v) is 3.96. The van der Waals surface area contributed by atoms with E-state index in [1.54, 1.807) is 44.2 Å². The van der Waals surface area contributed by atoms with Gasteiger partial charge in [-0.25, -0.2) is 9.59 Å². The molecular formula is C16H24O5. The lowest BCUT2D eigenvalue weighted by atomic mass is 9.94. The summed E-state index contributed by atoms with van der Waals surface area (Å²) in [5.41, 5.74) is -1.65. The highest BCUT2D eigenvalue weighted by Gasteiger charge is 2.47. The molecule has 5 nitrogen and oxygen atoms in total. The predicted octanol–water partition coefficient (Wildman–Crippen LogP) is 2.11. The molecule has 1 N–H and O–H groups in total. The van der Waals surface area contributed by atoms with Gasteiger partial charge in [-0.05, 0) is 19.4 Å². The van der Waals surface area contributed by atoms with Crippen LogP contribution in [0.3, 0.4) is 0 Å². The fraction of sp³-hybridized carbons (Fsp3) is 0.500. The number of esters is 2. The maximum absolute atomic E-state index is 11.8. The van der Waals surface area contributed by atoms with Gasteiger partial charge in [-0.2, -0.15) is 0 Å². The van der Waals surface area contributed by atoms with Gasteiger partial charge in [-0.3, -0.25) is 0 Å². The first-order valence-corrected chi connectivity index (χ1v) is 7.15. The minimum absolute atomic E-state index is 0.0787. The van der Waals surface area contributed by atoms with Crippen LogP contribution in [0.5, 0.6) is 0 Å². The van der Waals surface area contributed by atoms with Crippen LogP contribution in [0, 0.1) is 0 Å². The highest BCUT2D eigenvalue weighted by Crippen LogP contribution is 2.18. The molecular weight excluding hydrogens is 272 g/mol. The van der Waals surface area contributed by atoms with Gasteiger partial charge in [0.05, 0.1) is 13.2 Å². The molecule has 0 saturated heterocycles. The minimum Gasteiger partial charge on any atom is -0.463 e. The van der Waals surface area contributed by atoms with Crippen molar-refractivity contribution in [3.05, 3.63) is 35.9 Å².